The van der Waals surface area contributed by atoms with Crippen LogP contribution < -0.4 is 4.90 Å². The highest BCUT2D eigenvalue weighted by atomic mass is 16.3. The minimum absolute atomic E-state index is 0.00515. The number of anilines is 1. The largest absolute Gasteiger partial charge is 0.508 e. The maximum atomic E-state index is 12.8. The second-order valence-corrected chi connectivity index (χ2v) is 5.37. The van der Waals surface area contributed by atoms with E-state index in [9.17, 15) is 9.90 Å². The van der Waals surface area contributed by atoms with Gasteiger partial charge in [-0.1, -0.05) is 24.3 Å². The van der Waals surface area contributed by atoms with Crippen molar-refractivity contribution >= 4 is 17.8 Å². The van der Waals surface area contributed by atoms with Crippen LogP contribution in [0.15, 0.2) is 53.2 Å². The molecule has 2 heterocycles. The zero-order chi connectivity index (χ0) is 13.7. The molecule has 0 fully saturated rings. The van der Waals surface area contributed by atoms with E-state index in [1.165, 1.54) is 5.56 Å². The second-order valence-electron chi connectivity index (χ2n) is 5.37. The fourth-order valence-electron chi connectivity index (χ4n) is 3.19. The Balaban J connectivity index is 1.79. The Bertz CT molecular complexity index is 675. The zero-order valence-electron chi connectivity index (χ0n) is 10.8. The Kier molecular flexibility index (Phi) is 2.33. The molecule has 3 atom stereocenters. The van der Waals surface area contributed by atoms with Crippen molar-refractivity contribution in [3.63, 3.8) is 0 Å². The molecule has 1 aromatic carbocycles. The Labute approximate surface area is 116 Å². The molecule has 4 nitrogen and oxygen atoms in total. The number of nitrogens with zero attached hydrogens (tertiary/aromatic N) is 2. The van der Waals surface area contributed by atoms with Crippen molar-refractivity contribution in [1.29, 1.82) is 0 Å². The summed E-state index contributed by atoms with van der Waals surface area (Å²) in [5, 5.41) is 9.56. The summed E-state index contributed by atoms with van der Waals surface area (Å²) in [6.07, 6.45) is 7.64. The Morgan fingerprint density at radius 1 is 1.30 bits per heavy atom. The molecule has 4 heteroatoms. The van der Waals surface area contributed by atoms with Crippen LogP contribution in [0.3, 0.4) is 0 Å². The molecule has 3 aliphatic rings. The summed E-state index contributed by atoms with van der Waals surface area (Å²) in [5.41, 5.74) is 2.18. The van der Waals surface area contributed by atoms with E-state index in [0.717, 1.165) is 12.1 Å². The van der Waals surface area contributed by atoms with Crippen molar-refractivity contribution in [2.45, 2.75) is 18.5 Å². The van der Waals surface area contributed by atoms with E-state index in [4.69, 9.17) is 0 Å². The summed E-state index contributed by atoms with van der Waals surface area (Å²) in [4.78, 5) is 19.2. The SMILES string of the molecule is O=C1[C@H]2C=CC(O)=CC2N=C[C@@H]2Cc3ccccc3N12. The third kappa shape index (κ3) is 1.54. The van der Waals surface area contributed by atoms with Gasteiger partial charge < -0.3 is 10.0 Å². The van der Waals surface area contributed by atoms with E-state index in [1.54, 1.807) is 18.2 Å². The normalized spacial score (nSPS) is 30.4. The monoisotopic (exact) mass is 266 g/mol. The molecule has 0 radical (unpaired) electrons. The lowest BCUT2D eigenvalue weighted by atomic mass is 9.93. The molecule has 0 saturated carbocycles. The molecule has 4 rings (SSSR count). The summed E-state index contributed by atoms with van der Waals surface area (Å²) in [7, 11) is 0. The molecule has 1 aromatic rings. The number of carbonyl (C=O) groups is 1. The summed E-state index contributed by atoms with van der Waals surface area (Å²) < 4.78 is 0. The number of fused-ring (bicyclic) bond motifs is 4. The number of aliphatic hydroxyl groups excluding tert-OH is 1. The van der Waals surface area contributed by atoms with Crippen LogP contribution >= 0.6 is 0 Å². The lowest BCUT2D eigenvalue weighted by Gasteiger charge is -2.26. The van der Waals surface area contributed by atoms with Crippen molar-refractivity contribution in [1.82, 2.24) is 0 Å². The zero-order valence-corrected chi connectivity index (χ0v) is 10.8. The molecule has 100 valence electrons. The van der Waals surface area contributed by atoms with E-state index >= 15 is 0 Å². The minimum atomic E-state index is -0.321. The highest BCUT2D eigenvalue weighted by Gasteiger charge is 2.40. The second kappa shape index (κ2) is 4.07. The van der Waals surface area contributed by atoms with E-state index in [0.29, 0.717) is 0 Å². The van der Waals surface area contributed by atoms with Crippen molar-refractivity contribution in [3.05, 3.63) is 53.8 Å². The van der Waals surface area contributed by atoms with Crippen LogP contribution in [-0.2, 0) is 11.2 Å². The number of aliphatic imine (C=N–C) groups is 1. The Morgan fingerprint density at radius 2 is 2.15 bits per heavy atom. The van der Waals surface area contributed by atoms with Gasteiger partial charge in [0, 0.05) is 18.3 Å². The maximum Gasteiger partial charge on any atom is 0.237 e. The number of amides is 1. The van der Waals surface area contributed by atoms with Gasteiger partial charge in [0.1, 0.15) is 5.76 Å². The van der Waals surface area contributed by atoms with Crippen LogP contribution in [-0.4, -0.2) is 29.3 Å². The van der Waals surface area contributed by atoms with Gasteiger partial charge in [-0.25, -0.2) is 0 Å². The Hall–Kier alpha value is -2.36. The number of aliphatic hydroxyl groups is 1. The molecule has 2 aliphatic heterocycles. The summed E-state index contributed by atoms with van der Waals surface area (Å²) in [5.74, 6) is -0.0839. The number of hydrogen-bond donors (Lipinski definition) is 1. The van der Waals surface area contributed by atoms with Crippen molar-refractivity contribution in [3.8, 4) is 0 Å². The first kappa shape index (κ1) is 11.5. The predicted octanol–water partition coefficient (Wildman–Crippen LogP) is 2.03. The van der Waals surface area contributed by atoms with Gasteiger partial charge in [-0.2, -0.15) is 0 Å². The fourth-order valence-corrected chi connectivity index (χ4v) is 3.19. The predicted molar refractivity (Wildman–Crippen MR) is 77.0 cm³/mol. The molecule has 0 spiro atoms. The standard InChI is InChI=1S/C16H14N2O2/c19-12-5-6-13-14(8-12)17-9-11-7-10-3-1-2-4-15(10)18(11)16(13)20/h1-6,8-9,11,13-14,19H,7H2/t11-,13-,14?/m0/s1. The highest BCUT2D eigenvalue weighted by Crippen LogP contribution is 2.36. The van der Waals surface area contributed by atoms with Gasteiger partial charge in [0.05, 0.1) is 18.0 Å². The molecule has 1 N–H and O–H groups in total. The van der Waals surface area contributed by atoms with Crippen molar-refractivity contribution in [2.24, 2.45) is 10.9 Å². The van der Waals surface area contributed by atoms with Crippen LogP contribution in [0.1, 0.15) is 5.56 Å². The minimum Gasteiger partial charge on any atom is -0.508 e. The van der Waals surface area contributed by atoms with Crippen LogP contribution in [0.5, 0.6) is 0 Å². The van der Waals surface area contributed by atoms with Gasteiger partial charge in [-0.15, -0.1) is 0 Å². The molecule has 0 saturated heterocycles. The molecular formula is C16H14N2O2. The van der Waals surface area contributed by atoms with Crippen molar-refractivity contribution in [2.75, 3.05) is 4.90 Å². The van der Waals surface area contributed by atoms with E-state index in [2.05, 4.69) is 11.1 Å². The van der Waals surface area contributed by atoms with Gasteiger partial charge in [-0.05, 0) is 23.8 Å². The van der Waals surface area contributed by atoms with Crippen LogP contribution in [0.4, 0.5) is 5.69 Å². The first-order valence-electron chi connectivity index (χ1n) is 6.77. The van der Waals surface area contributed by atoms with E-state index in [-0.39, 0.29) is 29.7 Å². The molecule has 1 aliphatic carbocycles. The van der Waals surface area contributed by atoms with Gasteiger partial charge in [0.15, 0.2) is 0 Å². The van der Waals surface area contributed by atoms with Crippen LogP contribution in [0.2, 0.25) is 0 Å². The lowest BCUT2D eigenvalue weighted by molar-refractivity contribution is -0.121. The molecule has 0 bridgehead atoms. The number of hydrogen-bond acceptors (Lipinski definition) is 3. The van der Waals surface area contributed by atoms with Crippen LogP contribution in [0.25, 0.3) is 0 Å². The summed E-state index contributed by atoms with van der Waals surface area (Å²) in [6, 6.07) is 7.71. The first-order valence-corrected chi connectivity index (χ1v) is 6.77. The number of allylic oxidation sites excluding steroid dienone is 1. The van der Waals surface area contributed by atoms with E-state index < -0.39 is 0 Å². The molecular weight excluding hydrogens is 252 g/mol. The molecule has 1 unspecified atom stereocenters. The number of rotatable bonds is 0. The van der Waals surface area contributed by atoms with Gasteiger partial charge in [0.25, 0.3) is 0 Å². The fraction of sp³-hybridized carbons (Fsp3) is 0.250. The van der Waals surface area contributed by atoms with Gasteiger partial charge >= 0.3 is 0 Å². The summed E-state index contributed by atoms with van der Waals surface area (Å²) >= 11 is 0. The number of benzene rings is 1. The highest BCUT2D eigenvalue weighted by molar-refractivity contribution is 6.04. The molecule has 1 amide bonds. The third-order valence-corrected chi connectivity index (χ3v) is 4.15. The topological polar surface area (TPSA) is 52.9 Å². The van der Waals surface area contributed by atoms with E-state index in [1.807, 2.05) is 29.3 Å². The lowest BCUT2D eigenvalue weighted by Crippen LogP contribution is -2.42. The maximum absolute atomic E-state index is 12.8. The van der Waals surface area contributed by atoms with Gasteiger partial charge in [-0.3, -0.25) is 9.79 Å². The first-order chi connectivity index (χ1) is 9.74. The number of para-hydroxylation sites is 1. The van der Waals surface area contributed by atoms with Crippen molar-refractivity contribution < 1.29 is 9.90 Å². The average Bonchev–Trinajstić information content (AvgIpc) is 2.76. The smallest absolute Gasteiger partial charge is 0.237 e. The van der Waals surface area contributed by atoms with Crippen LogP contribution in [0, 0.1) is 5.92 Å². The van der Waals surface area contributed by atoms with Gasteiger partial charge in [0.2, 0.25) is 5.91 Å². The molecule has 20 heavy (non-hydrogen) atoms. The third-order valence-electron chi connectivity index (χ3n) is 4.15. The number of carbonyl (C=O) groups excluding carboxylic acids is 1. The summed E-state index contributed by atoms with van der Waals surface area (Å²) in [6.45, 7) is 0. The Morgan fingerprint density at radius 3 is 3.05 bits per heavy atom. The average molecular weight is 266 g/mol. The molecule has 0 aromatic heterocycles. The quantitative estimate of drug-likeness (QED) is 0.781.